The van der Waals surface area contributed by atoms with Crippen LogP contribution in [0, 0.1) is 6.92 Å². The summed E-state index contributed by atoms with van der Waals surface area (Å²) >= 11 is 1.58. The van der Waals surface area contributed by atoms with E-state index in [9.17, 15) is 0 Å². The summed E-state index contributed by atoms with van der Waals surface area (Å²) in [6, 6.07) is 8.03. The Labute approximate surface area is 121 Å². The third-order valence-electron chi connectivity index (χ3n) is 2.87. The van der Waals surface area contributed by atoms with Crippen molar-refractivity contribution in [2.24, 2.45) is 7.05 Å². The lowest BCUT2D eigenvalue weighted by molar-refractivity contribution is 0.425. The maximum Gasteiger partial charge on any atom is 0.257 e. The number of hydrogen-bond donors (Lipinski definition) is 0. The number of nitrogens with zero attached hydrogens (tertiary/aromatic N) is 4. The SMILES string of the molecule is Cc1ccc(-c2nc(CSc3nccn3C)no2)cc1. The Hall–Kier alpha value is -2.08. The molecule has 5 nitrogen and oxygen atoms in total. The van der Waals surface area contributed by atoms with E-state index in [0.29, 0.717) is 17.5 Å². The lowest BCUT2D eigenvalue weighted by Gasteiger charge is -1.97. The molecule has 0 saturated carbocycles. The summed E-state index contributed by atoms with van der Waals surface area (Å²) in [7, 11) is 1.96. The van der Waals surface area contributed by atoms with E-state index in [1.165, 1.54) is 5.56 Å². The zero-order valence-electron chi connectivity index (χ0n) is 11.3. The van der Waals surface area contributed by atoms with Crippen LogP contribution < -0.4 is 0 Å². The first kappa shape index (κ1) is 12.9. The molecule has 0 saturated heterocycles. The smallest absolute Gasteiger partial charge is 0.257 e. The van der Waals surface area contributed by atoms with E-state index in [-0.39, 0.29) is 0 Å². The fraction of sp³-hybridized carbons (Fsp3) is 0.214. The number of benzene rings is 1. The second-order valence-electron chi connectivity index (χ2n) is 4.49. The van der Waals surface area contributed by atoms with Crippen molar-refractivity contribution in [1.29, 1.82) is 0 Å². The molecule has 0 atom stereocenters. The van der Waals surface area contributed by atoms with E-state index in [0.717, 1.165) is 10.7 Å². The molecule has 20 heavy (non-hydrogen) atoms. The maximum atomic E-state index is 5.29. The van der Waals surface area contributed by atoms with Crippen molar-refractivity contribution >= 4 is 11.8 Å². The van der Waals surface area contributed by atoms with Gasteiger partial charge >= 0.3 is 0 Å². The summed E-state index contributed by atoms with van der Waals surface area (Å²) < 4.78 is 7.25. The molecular weight excluding hydrogens is 272 g/mol. The number of rotatable bonds is 4. The van der Waals surface area contributed by atoms with Crippen LogP contribution in [0.1, 0.15) is 11.4 Å². The normalized spacial score (nSPS) is 10.9. The van der Waals surface area contributed by atoms with Gasteiger partial charge in [0.15, 0.2) is 11.0 Å². The molecule has 0 unspecified atom stereocenters. The van der Waals surface area contributed by atoms with Gasteiger partial charge in [-0.15, -0.1) is 0 Å². The molecule has 0 spiro atoms. The molecule has 0 aliphatic heterocycles. The number of imidazole rings is 1. The van der Waals surface area contributed by atoms with Gasteiger partial charge in [0.2, 0.25) is 0 Å². The van der Waals surface area contributed by atoms with Crippen LogP contribution in [-0.2, 0) is 12.8 Å². The van der Waals surface area contributed by atoms with Gasteiger partial charge in [-0.05, 0) is 19.1 Å². The molecule has 0 amide bonds. The Bertz CT molecular complexity index is 702. The van der Waals surface area contributed by atoms with Crippen LogP contribution in [0.4, 0.5) is 0 Å². The number of hydrogen-bond acceptors (Lipinski definition) is 5. The minimum atomic E-state index is 0.556. The predicted molar refractivity (Wildman–Crippen MR) is 77.2 cm³/mol. The van der Waals surface area contributed by atoms with Gasteiger partial charge in [-0.2, -0.15) is 4.98 Å². The molecule has 6 heteroatoms. The quantitative estimate of drug-likeness (QED) is 0.690. The topological polar surface area (TPSA) is 56.7 Å². The Balaban J connectivity index is 1.71. The number of aromatic nitrogens is 4. The van der Waals surface area contributed by atoms with Crippen molar-refractivity contribution in [2.45, 2.75) is 17.8 Å². The monoisotopic (exact) mass is 286 g/mol. The zero-order chi connectivity index (χ0) is 13.9. The molecule has 2 aromatic heterocycles. The second-order valence-corrected chi connectivity index (χ2v) is 5.43. The van der Waals surface area contributed by atoms with Crippen LogP contribution in [0.5, 0.6) is 0 Å². The van der Waals surface area contributed by atoms with Gasteiger partial charge in [0.1, 0.15) is 0 Å². The highest BCUT2D eigenvalue weighted by molar-refractivity contribution is 7.98. The maximum absolute atomic E-state index is 5.29. The first-order chi connectivity index (χ1) is 9.72. The third kappa shape index (κ3) is 2.75. The van der Waals surface area contributed by atoms with Gasteiger partial charge in [-0.25, -0.2) is 4.98 Å². The molecule has 0 aliphatic carbocycles. The minimum absolute atomic E-state index is 0.556. The van der Waals surface area contributed by atoms with E-state index in [1.807, 2.05) is 49.0 Å². The van der Waals surface area contributed by atoms with Gasteiger partial charge in [-0.1, -0.05) is 34.6 Å². The highest BCUT2D eigenvalue weighted by atomic mass is 32.2. The summed E-state index contributed by atoms with van der Waals surface area (Å²) in [5, 5.41) is 4.94. The summed E-state index contributed by atoms with van der Waals surface area (Å²) in [4.78, 5) is 8.65. The van der Waals surface area contributed by atoms with Crippen molar-refractivity contribution in [3.63, 3.8) is 0 Å². The molecule has 0 fully saturated rings. The van der Waals surface area contributed by atoms with Crippen LogP contribution in [-0.4, -0.2) is 19.7 Å². The zero-order valence-corrected chi connectivity index (χ0v) is 12.1. The van der Waals surface area contributed by atoms with E-state index in [4.69, 9.17) is 4.52 Å². The first-order valence-corrected chi connectivity index (χ1v) is 7.20. The van der Waals surface area contributed by atoms with Crippen LogP contribution in [0.25, 0.3) is 11.5 Å². The second kappa shape index (κ2) is 5.50. The largest absolute Gasteiger partial charge is 0.334 e. The van der Waals surface area contributed by atoms with Crippen LogP contribution in [0.2, 0.25) is 0 Å². The average molecular weight is 286 g/mol. The minimum Gasteiger partial charge on any atom is -0.334 e. The standard InChI is InChI=1S/C14H14N4OS/c1-10-3-5-11(6-4-10)13-16-12(17-19-13)9-20-14-15-7-8-18(14)2/h3-8H,9H2,1-2H3. The van der Waals surface area contributed by atoms with E-state index < -0.39 is 0 Å². The highest BCUT2D eigenvalue weighted by Gasteiger charge is 2.10. The van der Waals surface area contributed by atoms with E-state index in [2.05, 4.69) is 15.1 Å². The van der Waals surface area contributed by atoms with E-state index >= 15 is 0 Å². The van der Waals surface area contributed by atoms with Crippen molar-refractivity contribution in [2.75, 3.05) is 0 Å². The number of aryl methyl sites for hydroxylation is 2. The molecule has 0 radical (unpaired) electrons. The first-order valence-electron chi connectivity index (χ1n) is 6.22. The fourth-order valence-corrected chi connectivity index (χ4v) is 2.52. The van der Waals surface area contributed by atoms with Crippen LogP contribution in [0.15, 0.2) is 46.3 Å². The molecule has 2 heterocycles. The summed E-state index contributed by atoms with van der Waals surface area (Å²) in [5.41, 5.74) is 2.15. The summed E-state index contributed by atoms with van der Waals surface area (Å²) in [5.74, 6) is 1.87. The van der Waals surface area contributed by atoms with Crippen molar-refractivity contribution in [3.05, 3.63) is 48.0 Å². The third-order valence-corrected chi connectivity index (χ3v) is 3.93. The molecule has 0 aliphatic rings. The fourth-order valence-electron chi connectivity index (χ4n) is 1.75. The van der Waals surface area contributed by atoms with Crippen molar-refractivity contribution in [1.82, 2.24) is 19.7 Å². The molecule has 0 N–H and O–H groups in total. The van der Waals surface area contributed by atoms with Crippen LogP contribution in [0.3, 0.4) is 0 Å². The van der Waals surface area contributed by atoms with E-state index in [1.54, 1.807) is 18.0 Å². The molecule has 3 rings (SSSR count). The average Bonchev–Trinajstić information content (AvgIpc) is 3.06. The number of thioether (sulfide) groups is 1. The van der Waals surface area contributed by atoms with Crippen molar-refractivity contribution < 1.29 is 4.52 Å². The molecule has 3 aromatic rings. The lowest BCUT2D eigenvalue weighted by atomic mass is 10.1. The van der Waals surface area contributed by atoms with Gasteiger partial charge < -0.3 is 9.09 Å². The summed E-state index contributed by atoms with van der Waals surface area (Å²) in [6.45, 7) is 2.05. The molecule has 102 valence electrons. The van der Waals surface area contributed by atoms with Gasteiger partial charge in [-0.3, -0.25) is 0 Å². The predicted octanol–water partition coefficient (Wildman–Crippen LogP) is 3.07. The Morgan fingerprint density at radius 1 is 1.25 bits per heavy atom. The Morgan fingerprint density at radius 2 is 2.05 bits per heavy atom. The Morgan fingerprint density at radius 3 is 2.75 bits per heavy atom. The van der Waals surface area contributed by atoms with Gasteiger partial charge in [0, 0.05) is 25.0 Å². The Kier molecular flexibility index (Phi) is 3.56. The van der Waals surface area contributed by atoms with Crippen molar-refractivity contribution in [3.8, 4) is 11.5 Å². The molecular formula is C14H14N4OS. The lowest BCUT2D eigenvalue weighted by Crippen LogP contribution is -1.91. The van der Waals surface area contributed by atoms with Gasteiger partial charge in [0.25, 0.3) is 5.89 Å². The van der Waals surface area contributed by atoms with Gasteiger partial charge in [0.05, 0.1) is 5.75 Å². The highest BCUT2D eigenvalue weighted by Crippen LogP contribution is 2.22. The molecule has 0 bridgehead atoms. The summed E-state index contributed by atoms with van der Waals surface area (Å²) in [6.07, 6.45) is 3.69. The van der Waals surface area contributed by atoms with Crippen LogP contribution >= 0.6 is 11.8 Å². The molecule has 1 aromatic carbocycles.